The van der Waals surface area contributed by atoms with Crippen molar-refractivity contribution in [3.8, 4) is 0 Å². The summed E-state index contributed by atoms with van der Waals surface area (Å²) < 4.78 is 0. The average Bonchev–Trinajstić information content (AvgIpc) is 2.15. The second-order valence-corrected chi connectivity index (χ2v) is 3.23. The van der Waals surface area contributed by atoms with E-state index in [1.807, 2.05) is 0 Å². The molecule has 0 aromatic rings. The molecule has 0 saturated carbocycles. The van der Waals surface area contributed by atoms with E-state index in [1.54, 1.807) is 0 Å². The highest BCUT2D eigenvalue weighted by atomic mass is 35.5. The van der Waals surface area contributed by atoms with Gasteiger partial charge in [-0.15, -0.1) is 11.6 Å². The van der Waals surface area contributed by atoms with Crippen LogP contribution in [0.1, 0.15) is 20.3 Å². The molecule has 1 aliphatic heterocycles. The van der Waals surface area contributed by atoms with Gasteiger partial charge < -0.3 is 0 Å². The summed E-state index contributed by atoms with van der Waals surface area (Å²) in [6.07, 6.45) is 1.16. The lowest BCUT2D eigenvalue weighted by Gasteiger charge is -2.19. The molecule has 1 fully saturated rings. The molecule has 0 radical (unpaired) electrons. The van der Waals surface area contributed by atoms with Gasteiger partial charge in [0.05, 0.1) is 5.38 Å². The van der Waals surface area contributed by atoms with E-state index in [1.165, 1.54) is 6.54 Å². The van der Waals surface area contributed by atoms with Crippen molar-refractivity contribution in [2.75, 3.05) is 13.1 Å². The maximum absolute atomic E-state index is 5.99. The van der Waals surface area contributed by atoms with E-state index in [0.29, 0.717) is 11.4 Å². The zero-order valence-corrected chi connectivity index (χ0v) is 6.86. The number of rotatable bonds is 1. The third-order valence-electron chi connectivity index (χ3n) is 2.20. The second-order valence-electron chi connectivity index (χ2n) is 2.67. The number of hydrogen-bond acceptors (Lipinski definition) is 1. The van der Waals surface area contributed by atoms with Crippen LogP contribution in [0, 0.1) is 0 Å². The van der Waals surface area contributed by atoms with Gasteiger partial charge in [-0.25, -0.2) is 0 Å². The predicted octanol–water partition coefficient (Wildman–Crippen LogP) is 1.71. The van der Waals surface area contributed by atoms with E-state index in [2.05, 4.69) is 18.7 Å². The molecule has 1 rings (SSSR count). The third kappa shape index (κ3) is 1.39. The fourth-order valence-electron chi connectivity index (χ4n) is 1.41. The van der Waals surface area contributed by atoms with Crippen molar-refractivity contribution in [1.82, 2.24) is 4.90 Å². The maximum Gasteiger partial charge on any atom is 0.0501 e. The van der Waals surface area contributed by atoms with E-state index in [0.717, 1.165) is 13.0 Å². The van der Waals surface area contributed by atoms with E-state index in [9.17, 15) is 0 Å². The summed E-state index contributed by atoms with van der Waals surface area (Å²) in [5.74, 6) is 0. The van der Waals surface area contributed by atoms with Crippen molar-refractivity contribution in [3.63, 3.8) is 0 Å². The zero-order valence-electron chi connectivity index (χ0n) is 6.10. The number of alkyl halides is 1. The number of nitrogens with zero attached hydrogens (tertiary/aromatic N) is 1. The summed E-state index contributed by atoms with van der Waals surface area (Å²) in [7, 11) is 0. The molecule has 0 amide bonds. The maximum atomic E-state index is 5.99. The van der Waals surface area contributed by atoms with Gasteiger partial charge >= 0.3 is 0 Å². The monoisotopic (exact) mass is 147 g/mol. The molecule has 0 aromatic carbocycles. The Hall–Kier alpha value is 0.250. The normalized spacial score (nSPS) is 37.7. The lowest BCUT2D eigenvalue weighted by molar-refractivity contribution is 0.285. The van der Waals surface area contributed by atoms with Crippen LogP contribution >= 0.6 is 11.6 Å². The van der Waals surface area contributed by atoms with E-state index >= 15 is 0 Å². The van der Waals surface area contributed by atoms with Crippen molar-refractivity contribution in [2.24, 2.45) is 0 Å². The molecule has 1 nitrogen and oxygen atoms in total. The standard InChI is InChI=1S/C7H14ClN/c1-3-9-5-4-7(8)6(9)2/h6-7H,3-5H2,1-2H3/t6-,7+/m1/s1. The van der Waals surface area contributed by atoms with Crippen molar-refractivity contribution in [3.05, 3.63) is 0 Å². The topological polar surface area (TPSA) is 3.24 Å². The smallest absolute Gasteiger partial charge is 0.0501 e. The van der Waals surface area contributed by atoms with E-state index in [4.69, 9.17) is 11.6 Å². The van der Waals surface area contributed by atoms with Gasteiger partial charge in [0.25, 0.3) is 0 Å². The summed E-state index contributed by atoms with van der Waals surface area (Å²) in [4.78, 5) is 2.41. The first kappa shape index (κ1) is 7.36. The third-order valence-corrected chi connectivity index (χ3v) is 2.78. The van der Waals surface area contributed by atoms with Crippen molar-refractivity contribution in [1.29, 1.82) is 0 Å². The van der Waals surface area contributed by atoms with E-state index in [-0.39, 0.29) is 0 Å². The molecule has 9 heavy (non-hydrogen) atoms. The summed E-state index contributed by atoms with van der Waals surface area (Å²) in [5, 5.41) is 0.393. The van der Waals surface area contributed by atoms with Crippen molar-refractivity contribution < 1.29 is 0 Å². The Morgan fingerprint density at radius 3 is 2.56 bits per heavy atom. The lowest BCUT2D eigenvalue weighted by atomic mass is 10.2. The first-order chi connectivity index (χ1) is 4.25. The quantitative estimate of drug-likeness (QED) is 0.511. The summed E-state index contributed by atoms with van der Waals surface area (Å²) in [6.45, 7) is 6.72. The summed E-state index contributed by atoms with van der Waals surface area (Å²) in [6, 6.07) is 0.594. The van der Waals surface area contributed by atoms with Crippen molar-refractivity contribution >= 4 is 11.6 Å². The molecule has 0 aliphatic carbocycles. The van der Waals surface area contributed by atoms with Crippen LogP contribution in [0.5, 0.6) is 0 Å². The largest absolute Gasteiger partial charge is 0.299 e. The minimum absolute atomic E-state index is 0.393. The highest BCUT2D eigenvalue weighted by Crippen LogP contribution is 2.21. The van der Waals surface area contributed by atoms with Gasteiger partial charge in [0.15, 0.2) is 0 Å². The lowest BCUT2D eigenvalue weighted by Crippen LogP contribution is -2.29. The van der Waals surface area contributed by atoms with Crippen molar-refractivity contribution in [2.45, 2.75) is 31.7 Å². The second kappa shape index (κ2) is 2.89. The van der Waals surface area contributed by atoms with Gasteiger partial charge in [0.2, 0.25) is 0 Å². The Morgan fingerprint density at radius 1 is 1.67 bits per heavy atom. The molecule has 54 valence electrons. The molecule has 1 aliphatic rings. The van der Waals surface area contributed by atoms with Crippen LogP contribution in [0.15, 0.2) is 0 Å². The van der Waals surface area contributed by atoms with Crippen LogP contribution in [-0.4, -0.2) is 29.4 Å². The Labute approximate surface area is 62.0 Å². The molecule has 2 atom stereocenters. The highest BCUT2D eigenvalue weighted by Gasteiger charge is 2.26. The molecule has 0 aromatic heterocycles. The Morgan fingerprint density at radius 2 is 2.33 bits per heavy atom. The molecule has 0 N–H and O–H groups in total. The van der Waals surface area contributed by atoms with Gasteiger partial charge in [0.1, 0.15) is 0 Å². The predicted molar refractivity (Wildman–Crippen MR) is 41.0 cm³/mol. The van der Waals surface area contributed by atoms with Crippen LogP contribution in [0.25, 0.3) is 0 Å². The molecule has 0 unspecified atom stereocenters. The van der Waals surface area contributed by atoms with Crippen LogP contribution in [0.4, 0.5) is 0 Å². The van der Waals surface area contributed by atoms with Crippen LogP contribution < -0.4 is 0 Å². The molecule has 1 saturated heterocycles. The Bertz CT molecular complexity index is 94.9. The first-order valence-electron chi connectivity index (χ1n) is 3.63. The number of halogens is 1. The van der Waals surface area contributed by atoms with Gasteiger partial charge in [0, 0.05) is 6.04 Å². The highest BCUT2D eigenvalue weighted by molar-refractivity contribution is 6.21. The number of hydrogen-bond donors (Lipinski definition) is 0. The summed E-state index contributed by atoms with van der Waals surface area (Å²) in [5.41, 5.74) is 0. The van der Waals surface area contributed by atoms with Crippen LogP contribution in [0.3, 0.4) is 0 Å². The Balaban J connectivity index is 2.41. The fraction of sp³-hybridized carbons (Fsp3) is 1.00. The average molecular weight is 148 g/mol. The fourth-order valence-corrected chi connectivity index (χ4v) is 1.67. The first-order valence-corrected chi connectivity index (χ1v) is 4.07. The van der Waals surface area contributed by atoms with Gasteiger partial charge in [-0.2, -0.15) is 0 Å². The Kier molecular flexibility index (Phi) is 2.36. The molecular weight excluding hydrogens is 134 g/mol. The van der Waals surface area contributed by atoms with Crippen LogP contribution in [-0.2, 0) is 0 Å². The minimum atomic E-state index is 0.393. The summed E-state index contributed by atoms with van der Waals surface area (Å²) >= 11 is 5.99. The molecule has 2 heteroatoms. The van der Waals surface area contributed by atoms with Crippen LogP contribution in [0.2, 0.25) is 0 Å². The molecule has 1 heterocycles. The minimum Gasteiger partial charge on any atom is -0.299 e. The van der Waals surface area contributed by atoms with Gasteiger partial charge in [-0.05, 0) is 26.4 Å². The SMILES string of the molecule is CCN1CC[C@H](Cl)[C@H]1C. The molecule has 0 spiro atoms. The molecular formula is C7H14ClN. The van der Waals surface area contributed by atoms with Gasteiger partial charge in [-0.1, -0.05) is 6.92 Å². The van der Waals surface area contributed by atoms with Gasteiger partial charge in [-0.3, -0.25) is 4.90 Å². The zero-order chi connectivity index (χ0) is 6.85. The number of likely N-dealkylation sites (tertiary alicyclic amines) is 1. The van der Waals surface area contributed by atoms with E-state index < -0.39 is 0 Å². The molecule has 0 bridgehead atoms.